The Morgan fingerprint density at radius 1 is 1.29 bits per heavy atom. The molecular formula is C15H30N2O4. The van der Waals surface area contributed by atoms with Crippen LogP contribution in [-0.4, -0.2) is 78.7 Å². The lowest BCUT2D eigenvalue weighted by atomic mass is 9.98. The zero-order valence-electron chi connectivity index (χ0n) is 13.2. The predicted molar refractivity (Wildman–Crippen MR) is 81.6 cm³/mol. The fourth-order valence-electron chi connectivity index (χ4n) is 2.65. The van der Waals surface area contributed by atoms with E-state index in [2.05, 4.69) is 11.8 Å². The number of hydrogen-bond acceptors (Lipinski definition) is 4. The summed E-state index contributed by atoms with van der Waals surface area (Å²) in [4.78, 5) is 14.5. The number of carbonyl (C=O) groups is 1. The lowest BCUT2D eigenvalue weighted by Gasteiger charge is -2.29. The highest BCUT2D eigenvalue weighted by Crippen LogP contribution is 2.17. The molecule has 1 amide bonds. The monoisotopic (exact) mass is 302 g/mol. The van der Waals surface area contributed by atoms with Gasteiger partial charge >= 0.3 is 6.09 Å². The molecule has 1 fully saturated rings. The number of piperidine rings is 1. The summed E-state index contributed by atoms with van der Waals surface area (Å²) in [5.74, 6) is 0.502. The summed E-state index contributed by atoms with van der Waals surface area (Å²) < 4.78 is 5.71. The standard InChI is InChI=1S/C15H30N2O4/c1-2-16(10-11-18)7-3-4-12-21-13-14-5-8-17(9-6-14)15(19)20/h14,18H,2-13H2,1H3,(H,19,20). The van der Waals surface area contributed by atoms with Crippen LogP contribution in [0.5, 0.6) is 0 Å². The maximum absolute atomic E-state index is 10.8. The number of amides is 1. The molecule has 1 rings (SSSR count). The number of nitrogens with zero attached hydrogens (tertiary/aromatic N) is 2. The summed E-state index contributed by atoms with van der Waals surface area (Å²) >= 11 is 0. The van der Waals surface area contributed by atoms with Gasteiger partial charge in [0, 0.05) is 32.8 Å². The molecule has 0 unspecified atom stereocenters. The number of ether oxygens (including phenoxy) is 1. The highest BCUT2D eigenvalue weighted by Gasteiger charge is 2.22. The first-order valence-corrected chi connectivity index (χ1v) is 8.06. The lowest BCUT2D eigenvalue weighted by Crippen LogP contribution is -2.38. The van der Waals surface area contributed by atoms with Crippen molar-refractivity contribution in [2.75, 3.05) is 52.5 Å². The van der Waals surface area contributed by atoms with Gasteiger partial charge in [0.2, 0.25) is 0 Å². The van der Waals surface area contributed by atoms with Crippen molar-refractivity contribution in [3.63, 3.8) is 0 Å². The molecule has 2 N–H and O–H groups in total. The van der Waals surface area contributed by atoms with E-state index in [1.54, 1.807) is 0 Å². The van der Waals surface area contributed by atoms with Crippen molar-refractivity contribution in [3.05, 3.63) is 0 Å². The maximum Gasteiger partial charge on any atom is 0.407 e. The molecule has 6 nitrogen and oxygen atoms in total. The number of aliphatic hydroxyl groups is 1. The van der Waals surface area contributed by atoms with Crippen molar-refractivity contribution in [1.29, 1.82) is 0 Å². The zero-order chi connectivity index (χ0) is 15.5. The van der Waals surface area contributed by atoms with Crippen LogP contribution in [0.2, 0.25) is 0 Å². The van der Waals surface area contributed by atoms with Crippen LogP contribution in [0, 0.1) is 5.92 Å². The van der Waals surface area contributed by atoms with Crippen molar-refractivity contribution < 1.29 is 19.7 Å². The van der Waals surface area contributed by atoms with E-state index in [0.29, 0.717) is 19.0 Å². The molecule has 0 atom stereocenters. The van der Waals surface area contributed by atoms with Crippen LogP contribution in [0.1, 0.15) is 32.6 Å². The minimum absolute atomic E-state index is 0.222. The first-order valence-electron chi connectivity index (χ1n) is 8.06. The zero-order valence-corrected chi connectivity index (χ0v) is 13.2. The molecule has 0 aromatic rings. The molecule has 0 bridgehead atoms. The number of aliphatic hydroxyl groups excluding tert-OH is 1. The number of unbranched alkanes of at least 4 members (excludes halogenated alkanes) is 1. The molecule has 1 aliphatic rings. The molecule has 6 heteroatoms. The Morgan fingerprint density at radius 2 is 2.00 bits per heavy atom. The molecule has 0 aromatic carbocycles. The highest BCUT2D eigenvalue weighted by molar-refractivity contribution is 5.64. The van der Waals surface area contributed by atoms with Crippen LogP contribution in [0.4, 0.5) is 4.79 Å². The van der Waals surface area contributed by atoms with Gasteiger partial charge in [-0.3, -0.25) is 0 Å². The molecule has 124 valence electrons. The quantitative estimate of drug-likeness (QED) is 0.598. The second kappa shape index (κ2) is 10.8. The van der Waals surface area contributed by atoms with Gasteiger partial charge in [0.15, 0.2) is 0 Å². The average Bonchev–Trinajstić information content (AvgIpc) is 2.50. The number of rotatable bonds is 10. The Hall–Kier alpha value is -0.850. The number of likely N-dealkylation sites (tertiary alicyclic amines) is 1. The molecule has 0 saturated carbocycles. The van der Waals surface area contributed by atoms with E-state index < -0.39 is 6.09 Å². The van der Waals surface area contributed by atoms with Gasteiger partial charge in [0.25, 0.3) is 0 Å². The van der Waals surface area contributed by atoms with Gasteiger partial charge in [-0.1, -0.05) is 6.92 Å². The molecule has 0 spiro atoms. The highest BCUT2D eigenvalue weighted by atomic mass is 16.5. The third-order valence-corrected chi connectivity index (χ3v) is 4.12. The maximum atomic E-state index is 10.8. The van der Waals surface area contributed by atoms with Gasteiger partial charge in [-0.25, -0.2) is 4.79 Å². The van der Waals surface area contributed by atoms with Crippen molar-refractivity contribution in [1.82, 2.24) is 9.80 Å². The van der Waals surface area contributed by atoms with Crippen molar-refractivity contribution in [3.8, 4) is 0 Å². The molecule has 1 saturated heterocycles. The van der Waals surface area contributed by atoms with Crippen LogP contribution in [0.3, 0.4) is 0 Å². The molecule has 21 heavy (non-hydrogen) atoms. The van der Waals surface area contributed by atoms with Crippen molar-refractivity contribution in [2.24, 2.45) is 5.92 Å². The molecule has 0 radical (unpaired) electrons. The van der Waals surface area contributed by atoms with Gasteiger partial charge in [0.1, 0.15) is 0 Å². The summed E-state index contributed by atoms with van der Waals surface area (Å²) in [5.41, 5.74) is 0. The molecule has 1 aliphatic heterocycles. The fraction of sp³-hybridized carbons (Fsp3) is 0.933. The summed E-state index contributed by atoms with van der Waals surface area (Å²) in [7, 11) is 0. The van der Waals surface area contributed by atoms with Crippen LogP contribution < -0.4 is 0 Å². The molecule has 0 aromatic heterocycles. The Bertz CT molecular complexity index is 281. The Labute approximate surface area is 127 Å². The average molecular weight is 302 g/mol. The lowest BCUT2D eigenvalue weighted by molar-refractivity contribution is 0.0623. The van der Waals surface area contributed by atoms with Gasteiger partial charge < -0.3 is 24.7 Å². The third kappa shape index (κ3) is 7.64. The van der Waals surface area contributed by atoms with Gasteiger partial charge in [-0.15, -0.1) is 0 Å². The minimum atomic E-state index is -0.808. The summed E-state index contributed by atoms with van der Waals surface area (Å²) in [6.07, 6.45) is 3.14. The largest absolute Gasteiger partial charge is 0.465 e. The van der Waals surface area contributed by atoms with Crippen LogP contribution in [0.15, 0.2) is 0 Å². The fourth-order valence-corrected chi connectivity index (χ4v) is 2.65. The van der Waals surface area contributed by atoms with Crippen LogP contribution >= 0.6 is 0 Å². The SMILES string of the molecule is CCN(CCO)CCCCOCC1CCN(C(=O)O)CC1. The van der Waals surface area contributed by atoms with E-state index in [1.165, 1.54) is 4.90 Å². The second-order valence-electron chi connectivity index (χ2n) is 5.65. The number of hydrogen-bond donors (Lipinski definition) is 2. The number of carboxylic acid groups (broad SMARTS) is 1. The van der Waals surface area contributed by atoms with E-state index in [4.69, 9.17) is 14.9 Å². The Morgan fingerprint density at radius 3 is 2.57 bits per heavy atom. The van der Waals surface area contributed by atoms with Crippen molar-refractivity contribution >= 4 is 6.09 Å². The van der Waals surface area contributed by atoms with E-state index >= 15 is 0 Å². The van der Waals surface area contributed by atoms with E-state index in [9.17, 15) is 4.79 Å². The van der Waals surface area contributed by atoms with Crippen LogP contribution in [0.25, 0.3) is 0 Å². The second-order valence-corrected chi connectivity index (χ2v) is 5.65. The smallest absolute Gasteiger partial charge is 0.407 e. The molecular weight excluding hydrogens is 272 g/mol. The molecule has 0 aliphatic carbocycles. The third-order valence-electron chi connectivity index (χ3n) is 4.12. The summed E-state index contributed by atoms with van der Waals surface area (Å²) in [6.45, 7) is 7.86. The normalized spacial score (nSPS) is 16.6. The van der Waals surface area contributed by atoms with Gasteiger partial charge in [0.05, 0.1) is 6.61 Å². The van der Waals surface area contributed by atoms with E-state index in [1.807, 2.05) is 0 Å². The Balaban J connectivity index is 1.96. The number of likely N-dealkylation sites (N-methyl/N-ethyl adjacent to an activating group) is 1. The van der Waals surface area contributed by atoms with E-state index in [-0.39, 0.29) is 6.61 Å². The Kier molecular flexibility index (Phi) is 9.37. The van der Waals surface area contributed by atoms with E-state index in [0.717, 1.165) is 58.5 Å². The first-order chi connectivity index (χ1) is 10.2. The van der Waals surface area contributed by atoms with Crippen LogP contribution in [-0.2, 0) is 4.74 Å². The van der Waals surface area contributed by atoms with Gasteiger partial charge in [-0.05, 0) is 44.7 Å². The van der Waals surface area contributed by atoms with Gasteiger partial charge in [-0.2, -0.15) is 0 Å². The first kappa shape index (κ1) is 18.2. The summed E-state index contributed by atoms with van der Waals surface area (Å²) in [5, 5.41) is 17.8. The predicted octanol–water partition coefficient (Wildman–Crippen LogP) is 1.49. The minimum Gasteiger partial charge on any atom is -0.465 e. The topological polar surface area (TPSA) is 73.2 Å². The molecule has 1 heterocycles. The summed E-state index contributed by atoms with van der Waals surface area (Å²) in [6, 6.07) is 0. The van der Waals surface area contributed by atoms with Crippen molar-refractivity contribution in [2.45, 2.75) is 32.6 Å².